The van der Waals surface area contributed by atoms with Gasteiger partial charge < -0.3 is 19.9 Å². The number of esters is 1. The first kappa shape index (κ1) is 15.3. The minimum absolute atomic E-state index is 0.151. The zero-order chi connectivity index (χ0) is 16.5. The van der Waals surface area contributed by atoms with Crippen LogP contribution in [0.3, 0.4) is 0 Å². The highest BCUT2D eigenvalue weighted by Crippen LogP contribution is 2.26. The van der Waals surface area contributed by atoms with Crippen LogP contribution in [-0.4, -0.2) is 27.7 Å². The molecular formula is C13H12N2O7. The van der Waals surface area contributed by atoms with Crippen molar-refractivity contribution in [1.29, 1.82) is 0 Å². The molecule has 9 nitrogen and oxygen atoms in total. The lowest BCUT2D eigenvalue weighted by Gasteiger charge is -2.30. The van der Waals surface area contributed by atoms with Crippen molar-refractivity contribution in [2.45, 2.75) is 19.6 Å². The standard InChI is InChI=1S/C13H12N2O7/c1-13(2)21-11(17)9(12(18)22-13)10(16)14-7-3-5-8(6-4-7)15(19)20/h3-6,17H,1-2H3,(H,14,16). The molecule has 0 aromatic heterocycles. The van der Waals surface area contributed by atoms with Gasteiger partial charge in [0.05, 0.1) is 4.92 Å². The maximum absolute atomic E-state index is 12.0. The van der Waals surface area contributed by atoms with E-state index in [0.717, 1.165) is 0 Å². The van der Waals surface area contributed by atoms with E-state index in [1.165, 1.54) is 38.1 Å². The lowest BCUT2D eigenvalue weighted by Crippen LogP contribution is -2.40. The Hall–Kier alpha value is -3.10. The van der Waals surface area contributed by atoms with Crippen LogP contribution in [0.1, 0.15) is 13.8 Å². The number of non-ortho nitro benzene ring substituents is 1. The van der Waals surface area contributed by atoms with Crippen molar-refractivity contribution in [3.8, 4) is 0 Å². The first-order chi connectivity index (χ1) is 10.2. The van der Waals surface area contributed by atoms with E-state index in [1.54, 1.807) is 0 Å². The predicted molar refractivity (Wildman–Crippen MR) is 72.6 cm³/mol. The van der Waals surface area contributed by atoms with Crippen molar-refractivity contribution >= 4 is 23.3 Å². The number of aliphatic hydroxyl groups is 1. The number of anilines is 1. The maximum atomic E-state index is 12.0. The van der Waals surface area contributed by atoms with E-state index < -0.39 is 34.1 Å². The van der Waals surface area contributed by atoms with Gasteiger partial charge in [0.1, 0.15) is 0 Å². The van der Waals surface area contributed by atoms with Crippen LogP contribution < -0.4 is 5.32 Å². The van der Waals surface area contributed by atoms with Gasteiger partial charge in [-0.1, -0.05) is 0 Å². The number of ether oxygens (including phenoxy) is 2. The number of nitro groups is 1. The van der Waals surface area contributed by atoms with Crippen molar-refractivity contribution in [3.05, 3.63) is 45.9 Å². The third-order valence-electron chi connectivity index (χ3n) is 2.66. The van der Waals surface area contributed by atoms with Crippen LogP contribution in [0.2, 0.25) is 0 Å². The molecule has 0 radical (unpaired) electrons. The molecule has 0 aliphatic carbocycles. The van der Waals surface area contributed by atoms with E-state index >= 15 is 0 Å². The zero-order valence-corrected chi connectivity index (χ0v) is 11.7. The summed E-state index contributed by atoms with van der Waals surface area (Å²) >= 11 is 0. The van der Waals surface area contributed by atoms with Crippen molar-refractivity contribution < 1.29 is 29.1 Å². The number of hydrogen-bond donors (Lipinski definition) is 2. The molecule has 116 valence electrons. The van der Waals surface area contributed by atoms with E-state index in [9.17, 15) is 24.8 Å². The van der Waals surface area contributed by atoms with Gasteiger partial charge in [-0.2, -0.15) is 0 Å². The average Bonchev–Trinajstić information content (AvgIpc) is 2.36. The van der Waals surface area contributed by atoms with Gasteiger partial charge in [-0.25, -0.2) is 4.79 Å². The number of carbonyl (C=O) groups excluding carboxylic acids is 2. The van der Waals surface area contributed by atoms with E-state index in [-0.39, 0.29) is 11.4 Å². The smallest absolute Gasteiger partial charge is 0.354 e. The summed E-state index contributed by atoms with van der Waals surface area (Å²) in [4.78, 5) is 33.6. The fourth-order valence-corrected chi connectivity index (χ4v) is 1.72. The van der Waals surface area contributed by atoms with E-state index in [0.29, 0.717) is 0 Å². The number of nitrogens with one attached hydrogen (secondary N) is 1. The van der Waals surface area contributed by atoms with Gasteiger partial charge in [0, 0.05) is 31.7 Å². The topological polar surface area (TPSA) is 128 Å². The summed E-state index contributed by atoms with van der Waals surface area (Å²) in [5, 5.41) is 22.5. The molecule has 0 bridgehead atoms. The number of nitro benzene ring substituents is 1. The highest BCUT2D eigenvalue weighted by Gasteiger charge is 2.39. The van der Waals surface area contributed by atoms with E-state index in [1.807, 2.05) is 0 Å². The molecule has 9 heteroatoms. The van der Waals surface area contributed by atoms with Crippen molar-refractivity contribution in [2.75, 3.05) is 5.32 Å². The lowest BCUT2D eigenvalue weighted by atomic mass is 10.2. The Morgan fingerprint density at radius 1 is 1.27 bits per heavy atom. The summed E-state index contributed by atoms with van der Waals surface area (Å²) in [5.74, 6) is -4.21. The van der Waals surface area contributed by atoms with Crippen molar-refractivity contribution in [3.63, 3.8) is 0 Å². The number of aliphatic hydroxyl groups excluding tert-OH is 1. The molecule has 0 saturated heterocycles. The maximum Gasteiger partial charge on any atom is 0.354 e. The second-order valence-corrected chi connectivity index (χ2v) is 4.83. The molecule has 0 fully saturated rings. The monoisotopic (exact) mass is 308 g/mol. The molecule has 1 aromatic carbocycles. The summed E-state index contributed by atoms with van der Waals surface area (Å²) in [6.45, 7) is 2.79. The molecular weight excluding hydrogens is 296 g/mol. The molecule has 1 heterocycles. The Labute approximate surface area is 124 Å². The van der Waals surface area contributed by atoms with Gasteiger partial charge in [-0.3, -0.25) is 14.9 Å². The molecule has 0 atom stereocenters. The van der Waals surface area contributed by atoms with Crippen LogP contribution in [0.4, 0.5) is 11.4 Å². The quantitative estimate of drug-likeness (QED) is 0.375. The number of cyclic esters (lactones) is 1. The molecule has 1 aromatic rings. The first-order valence-electron chi connectivity index (χ1n) is 6.11. The Morgan fingerprint density at radius 3 is 2.36 bits per heavy atom. The summed E-state index contributed by atoms with van der Waals surface area (Å²) in [6.07, 6.45) is 0. The van der Waals surface area contributed by atoms with Crippen molar-refractivity contribution in [1.82, 2.24) is 0 Å². The predicted octanol–water partition coefficient (Wildman–Crippen LogP) is 1.61. The van der Waals surface area contributed by atoms with Gasteiger partial charge in [-0.05, 0) is 12.1 Å². The number of carbonyl (C=O) groups is 2. The second kappa shape index (κ2) is 5.35. The first-order valence-corrected chi connectivity index (χ1v) is 6.11. The molecule has 22 heavy (non-hydrogen) atoms. The fourth-order valence-electron chi connectivity index (χ4n) is 1.72. The molecule has 0 unspecified atom stereocenters. The van der Waals surface area contributed by atoms with E-state index in [4.69, 9.17) is 9.47 Å². The number of rotatable bonds is 3. The Balaban J connectivity index is 2.18. The van der Waals surface area contributed by atoms with E-state index in [2.05, 4.69) is 5.32 Å². The van der Waals surface area contributed by atoms with Crippen LogP contribution in [0, 0.1) is 10.1 Å². The number of hydrogen-bond acceptors (Lipinski definition) is 7. The second-order valence-electron chi connectivity index (χ2n) is 4.83. The normalized spacial score (nSPS) is 16.5. The molecule has 1 aliphatic rings. The highest BCUT2D eigenvalue weighted by atomic mass is 16.8. The average molecular weight is 308 g/mol. The Bertz CT molecular complexity index is 676. The van der Waals surface area contributed by atoms with Crippen LogP contribution in [0.25, 0.3) is 0 Å². The van der Waals surface area contributed by atoms with Crippen LogP contribution in [-0.2, 0) is 19.1 Å². The van der Waals surface area contributed by atoms with Crippen LogP contribution in [0.5, 0.6) is 0 Å². The molecule has 0 spiro atoms. The van der Waals surface area contributed by atoms with Gasteiger partial charge >= 0.3 is 11.9 Å². The number of nitrogens with zero attached hydrogens (tertiary/aromatic N) is 1. The SMILES string of the molecule is CC1(C)OC(=O)C(C(=O)Nc2ccc([N+](=O)[O-])cc2)=C(O)O1. The van der Waals surface area contributed by atoms with Gasteiger partial charge in [0.25, 0.3) is 17.4 Å². The van der Waals surface area contributed by atoms with Gasteiger partial charge in [0.2, 0.25) is 5.57 Å². The van der Waals surface area contributed by atoms with Crippen LogP contribution >= 0.6 is 0 Å². The number of amides is 1. The fraction of sp³-hybridized carbons (Fsp3) is 0.231. The molecule has 1 amide bonds. The Morgan fingerprint density at radius 2 is 1.86 bits per heavy atom. The molecule has 2 rings (SSSR count). The third kappa shape index (κ3) is 3.14. The number of benzene rings is 1. The Kier molecular flexibility index (Phi) is 3.72. The highest BCUT2D eigenvalue weighted by molar-refractivity contribution is 6.21. The third-order valence-corrected chi connectivity index (χ3v) is 2.66. The molecule has 1 aliphatic heterocycles. The summed E-state index contributed by atoms with van der Waals surface area (Å²) in [6, 6.07) is 4.94. The van der Waals surface area contributed by atoms with Crippen molar-refractivity contribution in [2.24, 2.45) is 0 Å². The van der Waals surface area contributed by atoms with Gasteiger partial charge in [-0.15, -0.1) is 0 Å². The molecule has 0 saturated carbocycles. The largest absolute Gasteiger partial charge is 0.480 e. The summed E-state index contributed by atoms with van der Waals surface area (Å²) in [7, 11) is 0. The molecule has 2 N–H and O–H groups in total. The zero-order valence-electron chi connectivity index (χ0n) is 11.7. The van der Waals surface area contributed by atoms with Gasteiger partial charge in [0.15, 0.2) is 0 Å². The lowest BCUT2D eigenvalue weighted by molar-refractivity contribution is -0.384. The van der Waals surface area contributed by atoms with Crippen LogP contribution in [0.15, 0.2) is 35.8 Å². The summed E-state index contributed by atoms with van der Waals surface area (Å²) in [5.41, 5.74) is -0.631. The summed E-state index contributed by atoms with van der Waals surface area (Å²) < 4.78 is 9.75. The minimum atomic E-state index is -1.38. The minimum Gasteiger partial charge on any atom is -0.480 e.